The lowest BCUT2D eigenvalue weighted by molar-refractivity contribution is -0.120. The topological polar surface area (TPSA) is 163 Å². The Hall–Kier alpha value is -5.61. The predicted molar refractivity (Wildman–Crippen MR) is 238 cm³/mol. The van der Waals surface area contributed by atoms with E-state index in [9.17, 15) is 24.0 Å². The van der Waals surface area contributed by atoms with Crippen molar-refractivity contribution in [1.82, 2.24) is 33.9 Å². The second-order valence-electron chi connectivity index (χ2n) is 16.8. The molecule has 3 amide bonds. The third kappa shape index (κ3) is 9.24. The van der Waals surface area contributed by atoms with Gasteiger partial charge in [0.2, 0.25) is 5.91 Å². The van der Waals surface area contributed by atoms with Gasteiger partial charge in [0.1, 0.15) is 23.2 Å². The average molecular weight is 883 g/mol. The number of aryl methyl sites for hydroxylation is 2. The highest BCUT2D eigenvalue weighted by Crippen LogP contribution is 2.42. The summed E-state index contributed by atoms with van der Waals surface area (Å²) in [5, 5.41) is 17.3. The molecule has 3 aliphatic heterocycles. The molecule has 4 aliphatic rings. The number of halogens is 2. The van der Waals surface area contributed by atoms with E-state index in [0.717, 1.165) is 75.8 Å². The molecule has 1 saturated carbocycles. The molecular formula is C45H52F2N10O5S. The number of benzene rings is 3. The fourth-order valence-corrected chi connectivity index (χ4v) is 9.72. The summed E-state index contributed by atoms with van der Waals surface area (Å²) >= 11 is 1.29. The van der Waals surface area contributed by atoms with Gasteiger partial charge in [0.15, 0.2) is 17.4 Å². The monoisotopic (exact) mass is 882 g/mol. The zero-order valence-electron chi connectivity index (χ0n) is 36.0. The molecule has 0 bridgehead atoms. The average Bonchev–Trinajstić information content (AvgIpc) is 3.88. The summed E-state index contributed by atoms with van der Waals surface area (Å²) in [6, 6.07) is 12.9. The smallest absolute Gasteiger partial charge is 0.329 e. The number of aromatic nitrogens is 4. The van der Waals surface area contributed by atoms with E-state index in [1.54, 1.807) is 23.9 Å². The van der Waals surface area contributed by atoms with Crippen molar-refractivity contribution in [2.24, 2.45) is 14.1 Å². The number of nitriles is 1. The van der Waals surface area contributed by atoms with Crippen LogP contribution in [0.4, 0.5) is 25.1 Å². The summed E-state index contributed by atoms with van der Waals surface area (Å²) in [7, 11) is 5.29. The molecule has 3 saturated heterocycles. The van der Waals surface area contributed by atoms with Crippen LogP contribution in [0.3, 0.4) is 0 Å². The fourth-order valence-electron chi connectivity index (χ4n) is 9.17. The molecule has 2 aromatic heterocycles. The van der Waals surface area contributed by atoms with Crippen LogP contribution in [0.5, 0.6) is 11.5 Å². The predicted octanol–water partition coefficient (Wildman–Crippen LogP) is 7.49. The molecule has 3 aromatic carbocycles. The minimum atomic E-state index is -0.671. The van der Waals surface area contributed by atoms with Gasteiger partial charge in [-0.2, -0.15) is 10.4 Å². The number of urea groups is 1. The van der Waals surface area contributed by atoms with Crippen LogP contribution in [0.25, 0.3) is 21.8 Å². The number of carbonyl (C=O) groups is 2. The highest BCUT2D eigenvalue weighted by atomic mass is 32.2. The van der Waals surface area contributed by atoms with Gasteiger partial charge in [-0.05, 0) is 112 Å². The van der Waals surface area contributed by atoms with Gasteiger partial charge < -0.3 is 23.7 Å². The Labute approximate surface area is 368 Å². The molecule has 0 unspecified atom stereocenters. The molecule has 2 N–H and O–H groups in total. The van der Waals surface area contributed by atoms with Gasteiger partial charge in [0, 0.05) is 76.9 Å². The van der Waals surface area contributed by atoms with E-state index in [-0.39, 0.29) is 58.8 Å². The maximum absolute atomic E-state index is 15.4. The van der Waals surface area contributed by atoms with E-state index in [2.05, 4.69) is 25.0 Å². The second-order valence-corrected chi connectivity index (χ2v) is 17.8. The van der Waals surface area contributed by atoms with Crippen LogP contribution in [-0.2, 0) is 23.6 Å². The first kappa shape index (κ1) is 44.0. The molecule has 1 spiro atoms. The van der Waals surface area contributed by atoms with Crippen molar-refractivity contribution >= 4 is 57.4 Å². The molecule has 18 heteroatoms. The maximum Gasteiger partial charge on any atom is 0.329 e. The molecule has 9 rings (SSSR count). The molecule has 15 nitrogen and oxygen atoms in total. The zero-order chi connectivity index (χ0) is 44.4. The molecule has 5 aromatic rings. The Morgan fingerprint density at radius 3 is 2.49 bits per heavy atom. The number of nitrogens with zero attached hydrogens (tertiary/aromatic N) is 8. The van der Waals surface area contributed by atoms with Gasteiger partial charge in [0.05, 0.1) is 34.0 Å². The lowest BCUT2D eigenvalue weighted by Gasteiger charge is -2.44. The van der Waals surface area contributed by atoms with Gasteiger partial charge in [0.25, 0.3) is 5.56 Å². The van der Waals surface area contributed by atoms with Crippen molar-refractivity contribution in [3.8, 4) is 17.6 Å². The van der Waals surface area contributed by atoms with Gasteiger partial charge in [-0.25, -0.2) is 22.9 Å². The molecule has 0 radical (unpaired) electrons. The number of nitrogens with one attached hydrogen (secondary N) is 2. The number of fused-ring (bicyclic) bond motifs is 2. The summed E-state index contributed by atoms with van der Waals surface area (Å²) < 4.78 is 49.6. The first-order valence-corrected chi connectivity index (χ1v) is 22.3. The van der Waals surface area contributed by atoms with E-state index in [0.29, 0.717) is 33.8 Å². The van der Waals surface area contributed by atoms with Crippen molar-refractivity contribution in [2.75, 3.05) is 49.5 Å². The van der Waals surface area contributed by atoms with Gasteiger partial charge >= 0.3 is 6.03 Å². The van der Waals surface area contributed by atoms with Crippen molar-refractivity contribution in [2.45, 2.75) is 82.3 Å². The molecule has 5 heterocycles. The number of rotatable bonds is 9. The standard InChI is InChI=1S/C26H34FN5O3.C19H18FN5O2S/c1-30-22-16-19(21(27)15-20(22)24(29-30)32-11-7-23(33)28-25(32)34)17-3-5-18(6-4-17)31-12-9-26(10-13-31)8-2-14-35-26;1-4-25(3)28-23-17-8-6-15(20)18(14(17)10-21)27-12-5-7-16-13(9-12)19(26)24(2)11-22-16/h15-18H,2-14H2,1H3,(H,28,33,34);5-9,11,23H,4H2,1-3H3. The number of carbonyl (C=O) groups excluding carboxylic acids is 2. The van der Waals surface area contributed by atoms with E-state index in [4.69, 9.17) is 9.47 Å². The van der Waals surface area contributed by atoms with Crippen LogP contribution in [-0.4, -0.2) is 92.0 Å². The number of amides is 3. The van der Waals surface area contributed by atoms with Crippen molar-refractivity contribution < 1.29 is 27.8 Å². The number of piperidine rings is 1. The molecular weight excluding hydrogens is 831 g/mol. The van der Waals surface area contributed by atoms with E-state index < -0.39 is 11.8 Å². The van der Waals surface area contributed by atoms with Crippen molar-refractivity contribution in [1.29, 1.82) is 5.26 Å². The minimum Gasteiger partial charge on any atom is -0.453 e. The second kappa shape index (κ2) is 18.6. The molecule has 4 fully saturated rings. The van der Waals surface area contributed by atoms with Crippen LogP contribution in [0.15, 0.2) is 53.6 Å². The van der Waals surface area contributed by atoms with Crippen LogP contribution in [0.1, 0.15) is 81.8 Å². The summed E-state index contributed by atoms with van der Waals surface area (Å²) in [6.07, 6.45) is 10.5. The molecule has 1 aliphatic carbocycles. The number of ether oxygens (including phenoxy) is 2. The zero-order valence-corrected chi connectivity index (χ0v) is 36.8. The normalized spacial score (nSPS) is 20.2. The highest BCUT2D eigenvalue weighted by Gasteiger charge is 2.40. The molecule has 63 heavy (non-hydrogen) atoms. The van der Waals surface area contributed by atoms with Crippen LogP contribution >= 0.6 is 12.1 Å². The Balaban J connectivity index is 0.000000178. The first-order chi connectivity index (χ1) is 30.4. The van der Waals surface area contributed by atoms with E-state index >= 15 is 4.39 Å². The Bertz CT molecular complexity index is 2630. The maximum atomic E-state index is 15.4. The number of hydrogen-bond donors (Lipinski definition) is 2. The molecule has 0 atom stereocenters. The Kier molecular flexibility index (Phi) is 13.0. The number of hydrogen-bond acceptors (Lipinski definition) is 12. The first-order valence-electron chi connectivity index (χ1n) is 21.5. The lowest BCUT2D eigenvalue weighted by Crippen LogP contribution is -2.49. The minimum absolute atomic E-state index is 0.0381. The highest BCUT2D eigenvalue weighted by molar-refractivity contribution is 7.98. The van der Waals surface area contributed by atoms with Crippen LogP contribution < -0.4 is 25.2 Å². The largest absolute Gasteiger partial charge is 0.453 e. The van der Waals surface area contributed by atoms with E-state index in [1.807, 2.05) is 37.5 Å². The number of anilines is 2. The Morgan fingerprint density at radius 2 is 1.79 bits per heavy atom. The summed E-state index contributed by atoms with van der Waals surface area (Å²) in [6.45, 7) is 6.16. The third-order valence-corrected chi connectivity index (χ3v) is 13.8. The van der Waals surface area contributed by atoms with Crippen LogP contribution in [0, 0.1) is 23.0 Å². The summed E-state index contributed by atoms with van der Waals surface area (Å²) in [5.74, 6) is -0.575. The SMILES string of the molecule is CCN(C)SNc1ccc(F)c(Oc2ccc3ncn(C)c(=O)c3c2)c1C#N.Cn1nc(N2CCC(=O)NC2=O)c2cc(F)c(C3CCC(N4CCC5(CCCO5)CC4)CC3)cc21. The van der Waals surface area contributed by atoms with Crippen molar-refractivity contribution in [3.63, 3.8) is 0 Å². The van der Waals surface area contributed by atoms with Crippen LogP contribution in [0.2, 0.25) is 0 Å². The van der Waals surface area contributed by atoms with Gasteiger partial charge in [-0.1, -0.05) is 6.92 Å². The van der Waals surface area contributed by atoms with Gasteiger partial charge in [-0.3, -0.25) is 24.5 Å². The number of imide groups is 1. The summed E-state index contributed by atoms with van der Waals surface area (Å²) in [4.78, 5) is 44.4. The fraction of sp³-hybridized carbons (Fsp3) is 0.467. The summed E-state index contributed by atoms with van der Waals surface area (Å²) in [5.41, 5.74) is 2.44. The quantitative estimate of drug-likeness (QED) is 0.141. The Morgan fingerprint density at radius 1 is 1.02 bits per heavy atom. The number of likely N-dealkylation sites (tertiary alicyclic amines) is 1. The van der Waals surface area contributed by atoms with Crippen molar-refractivity contribution in [3.05, 3.63) is 81.9 Å². The van der Waals surface area contributed by atoms with Gasteiger partial charge in [-0.15, -0.1) is 0 Å². The van der Waals surface area contributed by atoms with E-state index in [1.165, 1.54) is 65.0 Å². The lowest BCUT2D eigenvalue weighted by atomic mass is 9.79. The molecule has 332 valence electrons. The third-order valence-electron chi connectivity index (χ3n) is 12.9.